The van der Waals surface area contributed by atoms with E-state index in [4.69, 9.17) is 4.74 Å². The molecule has 1 saturated heterocycles. The lowest BCUT2D eigenvalue weighted by Crippen LogP contribution is -2.38. The van der Waals surface area contributed by atoms with Crippen molar-refractivity contribution in [2.75, 3.05) is 33.4 Å². The molecule has 1 aromatic rings. The van der Waals surface area contributed by atoms with E-state index >= 15 is 0 Å². The lowest BCUT2D eigenvalue weighted by Gasteiger charge is -2.26. The van der Waals surface area contributed by atoms with Crippen LogP contribution in [0.25, 0.3) is 0 Å². The van der Waals surface area contributed by atoms with Gasteiger partial charge in [0.2, 0.25) is 0 Å². The van der Waals surface area contributed by atoms with Crippen LogP contribution in [0.2, 0.25) is 0 Å². The lowest BCUT2D eigenvalue weighted by molar-refractivity contribution is 0.138. The summed E-state index contributed by atoms with van der Waals surface area (Å²) in [7, 11) is 1.78. The molecule has 3 heteroatoms. The topological polar surface area (TPSA) is 24.5 Å². The number of nitrogens with one attached hydrogen (secondary N) is 1. The molecule has 3 nitrogen and oxygen atoms in total. The predicted molar refractivity (Wildman–Crippen MR) is 84.1 cm³/mol. The fourth-order valence-electron chi connectivity index (χ4n) is 2.90. The number of aryl methyl sites for hydroxylation is 1. The van der Waals surface area contributed by atoms with Crippen LogP contribution in [0.3, 0.4) is 0 Å². The van der Waals surface area contributed by atoms with Crippen LogP contribution in [0.15, 0.2) is 18.2 Å². The van der Waals surface area contributed by atoms with E-state index in [1.807, 2.05) is 0 Å². The number of ether oxygens (including phenoxy) is 1. The molecule has 0 bridgehead atoms. The van der Waals surface area contributed by atoms with Gasteiger partial charge in [0.05, 0.1) is 6.61 Å². The maximum Gasteiger partial charge on any atom is 0.0589 e. The third-order valence-corrected chi connectivity index (χ3v) is 4.36. The van der Waals surface area contributed by atoms with Crippen molar-refractivity contribution in [1.29, 1.82) is 0 Å². The number of nitrogens with zero attached hydrogens (tertiary/aromatic N) is 1. The Morgan fingerprint density at radius 3 is 2.90 bits per heavy atom. The Hall–Kier alpha value is -0.900. The molecule has 0 amide bonds. The Labute approximate surface area is 123 Å². The van der Waals surface area contributed by atoms with Crippen molar-refractivity contribution in [2.24, 2.45) is 0 Å². The first-order valence-electron chi connectivity index (χ1n) is 7.70. The fraction of sp³-hybridized carbons (Fsp3) is 0.647. The minimum Gasteiger partial charge on any atom is -0.383 e. The van der Waals surface area contributed by atoms with Gasteiger partial charge < -0.3 is 10.1 Å². The van der Waals surface area contributed by atoms with Gasteiger partial charge in [-0.1, -0.05) is 18.2 Å². The van der Waals surface area contributed by atoms with E-state index in [9.17, 15) is 0 Å². The van der Waals surface area contributed by atoms with E-state index in [1.165, 1.54) is 36.1 Å². The summed E-state index contributed by atoms with van der Waals surface area (Å²) in [6.45, 7) is 9.54. The second-order valence-corrected chi connectivity index (χ2v) is 5.88. The Morgan fingerprint density at radius 1 is 1.35 bits per heavy atom. The molecule has 1 N–H and O–H groups in total. The smallest absolute Gasteiger partial charge is 0.0589 e. The molecule has 1 aromatic carbocycles. The third kappa shape index (κ3) is 4.30. The zero-order chi connectivity index (χ0) is 14.4. The van der Waals surface area contributed by atoms with Gasteiger partial charge in [-0.3, -0.25) is 4.90 Å². The van der Waals surface area contributed by atoms with Gasteiger partial charge in [-0.15, -0.1) is 0 Å². The second kappa shape index (κ2) is 7.77. The summed E-state index contributed by atoms with van der Waals surface area (Å²) >= 11 is 0. The van der Waals surface area contributed by atoms with Crippen molar-refractivity contribution >= 4 is 0 Å². The Morgan fingerprint density at radius 2 is 2.20 bits per heavy atom. The monoisotopic (exact) mass is 276 g/mol. The molecule has 1 heterocycles. The number of hydrogen-bond acceptors (Lipinski definition) is 3. The summed E-state index contributed by atoms with van der Waals surface area (Å²) in [5.74, 6) is 0. The summed E-state index contributed by atoms with van der Waals surface area (Å²) in [5, 5.41) is 3.59. The average Bonchev–Trinajstić information content (AvgIpc) is 2.94. The maximum atomic E-state index is 5.27. The summed E-state index contributed by atoms with van der Waals surface area (Å²) in [4.78, 5) is 2.52. The van der Waals surface area contributed by atoms with Crippen LogP contribution in [0, 0.1) is 13.8 Å². The van der Waals surface area contributed by atoms with Crippen molar-refractivity contribution in [3.8, 4) is 0 Å². The first-order valence-corrected chi connectivity index (χ1v) is 7.70. The average molecular weight is 276 g/mol. The Balaban J connectivity index is 1.99. The van der Waals surface area contributed by atoms with Crippen LogP contribution in [0.1, 0.15) is 29.5 Å². The van der Waals surface area contributed by atoms with Gasteiger partial charge >= 0.3 is 0 Å². The van der Waals surface area contributed by atoms with Crippen LogP contribution in [0.4, 0.5) is 0 Å². The molecule has 1 fully saturated rings. The molecular formula is C17H28N2O. The van der Waals surface area contributed by atoms with Gasteiger partial charge in [-0.05, 0) is 49.9 Å². The number of methoxy groups -OCH3 is 1. The highest BCUT2D eigenvalue weighted by Crippen LogP contribution is 2.16. The standard InChI is InChI=1S/C17H28N2O/c1-14-6-4-7-16(15(14)2)12-19(10-11-20-3)13-17-8-5-9-18-17/h4,6-7,17-18H,5,8-13H2,1-3H3. The van der Waals surface area contributed by atoms with Crippen molar-refractivity contribution in [3.63, 3.8) is 0 Å². The first kappa shape index (κ1) is 15.5. The molecule has 2 rings (SSSR count). The normalized spacial score (nSPS) is 18.9. The molecule has 20 heavy (non-hydrogen) atoms. The Bertz CT molecular complexity index is 413. The van der Waals surface area contributed by atoms with E-state index in [0.29, 0.717) is 6.04 Å². The summed E-state index contributed by atoms with van der Waals surface area (Å²) in [6, 6.07) is 7.26. The highest BCUT2D eigenvalue weighted by atomic mass is 16.5. The molecule has 1 unspecified atom stereocenters. The quantitative estimate of drug-likeness (QED) is 0.828. The zero-order valence-electron chi connectivity index (χ0n) is 13.1. The van der Waals surface area contributed by atoms with E-state index in [1.54, 1.807) is 7.11 Å². The fourth-order valence-corrected chi connectivity index (χ4v) is 2.90. The molecule has 0 saturated carbocycles. The highest BCUT2D eigenvalue weighted by molar-refractivity contribution is 5.33. The van der Waals surface area contributed by atoms with Gasteiger partial charge in [-0.25, -0.2) is 0 Å². The second-order valence-electron chi connectivity index (χ2n) is 5.88. The van der Waals surface area contributed by atoms with Crippen LogP contribution in [0.5, 0.6) is 0 Å². The largest absolute Gasteiger partial charge is 0.383 e. The lowest BCUT2D eigenvalue weighted by atomic mass is 10.0. The molecule has 0 aromatic heterocycles. The van der Waals surface area contributed by atoms with Crippen molar-refractivity contribution in [1.82, 2.24) is 10.2 Å². The number of benzene rings is 1. The van der Waals surface area contributed by atoms with Crippen molar-refractivity contribution in [3.05, 3.63) is 34.9 Å². The summed E-state index contributed by atoms with van der Waals surface area (Å²) < 4.78 is 5.27. The van der Waals surface area contributed by atoms with Crippen LogP contribution in [-0.4, -0.2) is 44.3 Å². The molecule has 1 aliphatic rings. The number of hydrogen-bond donors (Lipinski definition) is 1. The van der Waals surface area contributed by atoms with Gasteiger partial charge in [0.25, 0.3) is 0 Å². The zero-order valence-corrected chi connectivity index (χ0v) is 13.1. The van der Waals surface area contributed by atoms with E-state index in [-0.39, 0.29) is 0 Å². The van der Waals surface area contributed by atoms with Crippen LogP contribution in [-0.2, 0) is 11.3 Å². The third-order valence-electron chi connectivity index (χ3n) is 4.36. The van der Waals surface area contributed by atoms with E-state index in [0.717, 1.165) is 26.2 Å². The van der Waals surface area contributed by atoms with Crippen LogP contribution >= 0.6 is 0 Å². The highest BCUT2D eigenvalue weighted by Gasteiger charge is 2.18. The molecular weight excluding hydrogens is 248 g/mol. The van der Waals surface area contributed by atoms with E-state index < -0.39 is 0 Å². The molecule has 0 aliphatic carbocycles. The predicted octanol–water partition coefficient (Wildman–Crippen LogP) is 2.50. The van der Waals surface area contributed by atoms with Crippen LogP contribution < -0.4 is 5.32 Å². The van der Waals surface area contributed by atoms with Gasteiger partial charge in [-0.2, -0.15) is 0 Å². The van der Waals surface area contributed by atoms with E-state index in [2.05, 4.69) is 42.3 Å². The minimum absolute atomic E-state index is 0.650. The van der Waals surface area contributed by atoms with Gasteiger partial charge in [0.15, 0.2) is 0 Å². The summed E-state index contributed by atoms with van der Waals surface area (Å²) in [5.41, 5.74) is 4.25. The van der Waals surface area contributed by atoms with Crippen molar-refractivity contribution in [2.45, 2.75) is 39.3 Å². The van der Waals surface area contributed by atoms with Gasteiger partial charge in [0.1, 0.15) is 0 Å². The molecule has 112 valence electrons. The molecule has 0 spiro atoms. The molecule has 1 atom stereocenters. The molecule has 1 aliphatic heterocycles. The minimum atomic E-state index is 0.650. The number of rotatable bonds is 7. The molecule has 0 radical (unpaired) electrons. The SMILES string of the molecule is COCCN(Cc1cccc(C)c1C)CC1CCCN1. The maximum absolute atomic E-state index is 5.27. The van der Waals surface area contributed by atoms with Crippen molar-refractivity contribution < 1.29 is 4.74 Å². The first-order chi connectivity index (χ1) is 9.70. The Kier molecular flexibility index (Phi) is 6.02. The summed E-state index contributed by atoms with van der Waals surface area (Å²) in [6.07, 6.45) is 2.61. The van der Waals surface area contributed by atoms with Gasteiger partial charge in [0, 0.05) is 32.8 Å².